The molecule has 1 saturated heterocycles. The minimum absolute atomic E-state index is 0.0697. The summed E-state index contributed by atoms with van der Waals surface area (Å²) in [5.74, 6) is 0.203. The third kappa shape index (κ3) is 3.39. The minimum atomic E-state index is -3.00. The van der Waals surface area contributed by atoms with Crippen molar-refractivity contribution in [2.45, 2.75) is 25.8 Å². The second-order valence-electron chi connectivity index (χ2n) is 6.12. The van der Waals surface area contributed by atoms with Gasteiger partial charge in [0.25, 0.3) is 5.91 Å². The Kier molecular flexibility index (Phi) is 4.39. The molecular weight excluding hydrogens is 310 g/mol. The fourth-order valence-corrected chi connectivity index (χ4v) is 4.93. The van der Waals surface area contributed by atoms with Crippen LogP contribution in [0.1, 0.15) is 30.1 Å². The van der Waals surface area contributed by atoms with Crippen molar-refractivity contribution in [3.05, 3.63) is 48.0 Å². The topological polar surface area (TPSA) is 54.5 Å². The predicted molar refractivity (Wildman–Crippen MR) is 92.3 cm³/mol. The fraction of sp³-hybridized carbons (Fsp3) is 0.389. The van der Waals surface area contributed by atoms with Crippen LogP contribution < -0.4 is 0 Å². The van der Waals surface area contributed by atoms with Gasteiger partial charge < -0.3 is 4.90 Å². The summed E-state index contributed by atoms with van der Waals surface area (Å²) in [6, 6.07) is 13.4. The largest absolute Gasteiger partial charge is 0.335 e. The summed E-state index contributed by atoms with van der Waals surface area (Å²) in [6.45, 7) is 2.59. The predicted octanol–water partition coefficient (Wildman–Crippen LogP) is 2.88. The zero-order valence-corrected chi connectivity index (χ0v) is 14.1. The third-order valence-corrected chi connectivity index (χ3v) is 6.12. The SMILES string of the molecule is CCCN(C(=O)c1ccc2ccccc2c1)C1CCS(=O)(=O)C1. The molecule has 1 fully saturated rings. The number of fused-ring (bicyclic) bond motifs is 1. The molecule has 1 aliphatic rings. The molecule has 0 spiro atoms. The number of sulfone groups is 1. The van der Waals surface area contributed by atoms with Gasteiger partial charge in [-0.1, -0.05) is 37.3 Å². The molecule has 5 heteroatoms. The van der Waals surface area contributed by atoms with Crippen LogP contribution in [0.15, 0.2) is 42.5 Å². The van der Waals surface area contributed by atoms with E-state index in [-0.39, 0.29) is 23.5 Å². The Bertz CT molecular complexity index is 829. The van der Waals surface area contributed by atoms with Gasteiger partial charge in [-0.2, -0.15) is 0 Å². The first kappa shape index (κ1) is 16.0. The van der Waals surface area contributed by atoms with Gasteiger partial charge in [0.1, 0.15) is 0 Å². The zero-order valence-electron chi connectivity index (χ0n) is 13.2. The average molecular weight is 331 g/mol. The molecule has 4 nitrogen and oxygen atoms in total. The van der Waals surface area contributed by atoms with Crippen molar-refractivity contribution in [3.8, 4) is 0 Å². The average Bonchev–Trinajstić information content (AvgIpc) is 2.91. The van der Waals surface area contributed by atoms with E-state index in [1.807, 2.05) is 49.4 Å². The lowest BCUT2D eigenvalue weighted by Gasteiger charge is -2.28. The molecule has 0 saturated carbocycles. The molecule has 122 valence electrons. The normalized spacial score (nSPS) is 19.8. The van der Waals surface area contributed by atoms with E-state index >= 15 is 0 Å². The van der Waals surface area contributed by atoms with Crippen molar-refractivity contribution in [1.82, 2.24) is 4.90 Å². The molecule has 0 aliphatic carbocycles. The minimum Gasteiger partial charge on any atom is -0.335 e. The highest BCUT2D eigenvalue weighted by molar-refractivity contribution is 7.91. The summed E-state index contributed by atoms with van der Waals surface area (Å²) in [7, 11) is -3.00. The van der Waals surface area contributed by atoms with Gasteiger partial charge in [-0.3, -0.25) is 4.79 Å². The van der Waals surface area contributed by atoms with Crippen LogP contribution in [-0.2, 0) is 9.84 Å². The Morgan fingerprint density at radius 1 is 1.17 bits per heavy atom. The second-order valence-corrected chi connectivity index (χ2v) is 8.35. The van der Waals surface area contributed by atoms with Gasteiger partial charge in [0.05, 0.1) is 11.5 Å². The Morgan fingerprint density at radius 3 is 2.57 bits per heavy atom. The Labute approximate surface area is 137 Å². The lowest BCUT2D eigenvalue weighted by atomic mass is 10.1. The molecule has 23 heavy (non-hydrogen) atoms. The molecule has 0 aromatic heterocycles. The van der Waals surface area contributed by atoms with E-state index in [0.717, 1.165) is 17.2 Å². The molecule has 3 rings (SSSR count). The van der Waals surface area contributed by atoms with E-state index in [1.54, 1.807) is 4.90 Å². The maximum atomic E-state index is 12.9. The van der Waals surface area contributed by atoms with E-state index in [9.17, 15) is 13.2 Å². The Morgan fingerprint density at radius 2 is 1.91 bits per heavy atom. The van der Waals surface area contributed by atoms with E-state index in [1.165, 1.54) is 0 Å². The molecule has 1 atom stereocenters. The first-order valence-electron chi connectivity index (χ1n) is 8.00. The quantitative estimate of drug-likeness (QED) is 0.865. The van der Waals surface area contributed by atoms with Gasteiger partial charge in [-0.15, -0.1) is 0 Å². The molecule has 1 heterocycles. The molecule has 0 bridgehead atoms. The van der Waals surface area contributed by atoms with Crippen LogP contribution in [0, 0.1) is 0 Å². The van der Waals surface area contributed by atoms with Crippen molar-refractivity contribution in [2.75, 3.05) is 18.1 Å². The first-order valence-corrected chi connectivity index (χ1v) is 9.82. The monoisotopic (exact) mass is 331 g/mol. The number of benzene rings is 2. The number of hydrogen-bond acceptors (Lipinski definition) is 3. The molecule has 1 unspecified atom stereocenters. The molecule has 1 aliphatic heterocycles. The van der Waals surface area contributed by atoms with Crippen LogP contribution in [0.25, 0.3) is 10.8 Å². The first-order chi connectivity index (χ1) is 11.0. The van der Waals surface area contributed by atoms with Crippen molar-refractivity contribution in [3.63, 3.8) is 0 Å². The number of hydrogen-bond donors (Lipinski definition) is 0. The molecule has 1 amide bonds. The van der Waals surface area contributed by atoms with E-state index < -0.39 is 9.84 Å². The van der Waals surface area contributed by atoms with E-state index in [4.69, 9.17) is 0 Å². The third-order valence-electron chi connectivity index (χ3n) is 4.37. The number of amides is 1. The van der Waals surface area contributed by atoms with Crippen LogP contribution in [0.5, 0.6) is 0 Å². The van der Waals surface area contributed by atoms with Gasteiger partial charge in [0, 0.05) is 18.2 Å². The van der Waals surface area contributed by atoms with E-state index in [0.29, 0.717) is 18.5 Å². The van der Waals surface area contributed by atoms with Gasteiger partial charge >= 0.3 is 0 Å². The highest BCUT2D eigenvalue weighted by Crippen LogP contribution is 2.22. The fourth-order valence-electron chi connectivity index (χ4n) is 3.20. The van der Waals surface area contributed by atoms with Crippen molar-refractivity contribution < 1.29 is 13.2 Å². The highest BCUT2D eigenvalue weighted by Gasteiger charge is 2.34. The number of rotatable bonds is 4. The summed E-state index contributed by atoms with van der Waals surface area (Å²) >= 11 is 0. The summed E-state index contributed by atoms with van der Waals surface area (Å²) in [4.78, 5) is 14.7. The Hall–Kier alpha value is -1.88. The molecule has 0 N–H and O–H groups in total. The lowest BCUT2D eigenvalue weighted by Crippen LogP contribution is -2.41. The summed E-state index contributed by atoms with van der Waals surface area (Å²) in [6.07, 6.45) is 1.36. The molecule has 0 radical (unpaired) electrons. The Balaban J connectivity index is 1.90. The van der Waals surface area contributed by atoms with Crippen LogP contribution >= 0.6 is 0 Å². The molecule has 2 aromatic carbocycles. The van der Waals surface area contributed by atoms with E-state index in [2.05, 4.69) is 0 Å². The van der Waals surface area contributed by atoms with Gasteiger partial charge in [0.15, 0.2) is 9.84 Å². The molecular formula is C18H21NO3S. The van der Waals surface area contributed by atoms with Crippen LogP contribution in [-0.4, -0.2) is 43.3 Å². The van der Waals surface area contributed by atoms with Crippen molar-refractivity contribution in [1.29, 1.82) is 0 Å². The van der Waals surface area contributed by atoms with Gasteiger partial charge in [-0.25, -0.2) is 8.42 Å². The number of nitrogens with zero attached hydrogens (tertiary/aromatic N) is 1. The number of carbonyl (C=O) groups is 1. The summed E-state index contributed by atoms with van der Waals surface area (Å²) in [5, 5.41) is 2.11. The summed E-state index contributed by atoms with van der Waals surface area (Å²) in [5.41, 5.74) is 0.626. The van der Waals surface area contributed by atoms with Gasteiger partial charge in [-0.05, 0) is 35.7 Å². The van der Waals surface area contributed by atoms with Crippen LogP contribution in [0.4, 0.5) is 0 Å². The maximum Gasteiger partial charge on any atom is 0.254 e. The van der Waals surface area contributed by atoms with Crippen molar-refractivity contribution in [2.24, 2.45) is 0 Å². The standard InChI is InChI=1S/C18H21NO3S/c1-2-10-19(17-9-11-23(21,22)13-17)18(20)16-8-7-14-5-3-4-6-15(14)12-16/h3-8,12,17H,2,9-11,13H2,1H3. The van der Waals surface area contributed by atoms with Gasteiger partial charge in [0.2, 0.25) is 0 Å². The van der Waals surface area contributed by atoms with Crippen molar-refractivity contribution >= 4 is 26.5 Å². The maximum absolute atomic E-state index is 12.9. The summed E-state index contributed by atoms with van der Waals surface area (Å²) < 4.78 is 23.5. The lowest BCUT2D eigenvalue weighted by molar-refractivity contribution is 0.0697. The second kappa shape index (κ2) is 6.32. The molecule has 2 aromatic rings. The van der Waals surface area contributed by atoms with Crippen LogP contribution in [0.3, 0.4) is 0 Å². The highest BCUT2D eigenvalue weighted by atomic mass is 32.2. The smallest absolute Gasteiger partial charge is 0.254 e. The number of carbonyl (C=O) groups excluding carboxylic acids is 1. The van der Waals surface area contributed by atoms with Crippen LogP contribution in [0.2, 0.25) is 0 Å². The zero-order chi connectivity index (χ0) is 16.4.